The van der Waals surface area contributed by atoms with Gasteiger partial charge in [0.15, 0.2) is 0 Å². The van der Waals surface area contributed by atoms with Crippen molar-refractivity contribution in [2.45, 2.75) is 19.9 Å². The van der Waals surface area contributed by atoms with Crippen molar-refractivity contribution >= 4 is 23.8 Å². The van der Waals surface area contributed by atoms with E-state index in [1.54, 1.807) is 30.0 Å². The fourth-order valence-electron chi connectivity index (χ4n) is 2.90. The zero-order valence-electron chi connectivity index (χ0n) is 16.8. The van der Waals surface area contributed by atoms with Gasteiger partial charge in [-0.2, -0.15) is 10.4 Å². The first-order valence-electron chi connectivity index (χ1n) is 9.53. The fourth-order valence-corrected chi connectivity index (χ4v) is 2.90. The molecule has 31 heavy (non-hydrogen) atoms. The predicted octanol–water partition coefficient (Wildman–Crippen LogP) is 4.11. The topological polar surface area (TPSA) is 124 Å². The van der Waals surface area contributed by atoms with E-state index in [-0.39, 0.29) is 23.6 Å². The first-order chi connectivity index (χ1) is 15.0. The van der Waals surface area contributed by atoms with Crippen molar-refractivity contribution < 1.29 is 14.5 Å². The Bertz CT molecular complexity index is 1160. The van der Waals surface area contributed by atoms with Crippen molar-refractivity contribution in [1.29, 1.82) is 5.26 Å². The monoisotopic (exact) mass is 417 g/mol. The van der Waals surface area contributed by atoms with E-state index < -0.39 is 10.9 Å². The van der Waals surface area contributed by atoms with Gasteiger partial charge in [-0.3, -0.25) is 14.8 Å². The third-order valence-electron chi connectivity index (χ3n) is 4.32. The maximum atomic E-state index is 12.3. The number of nitrogens with zero attached hydrogens (tertiary/aromatic N) is 5. The third kappa shape index (κ3) is 5.19. The minimum Gasteiger partial charge on any atom is -0.462 e. The predicted molar refractivity (Wildman–Crippen MR) is 114 cm³/mol. The number of pyridine rings is 1. The lowest BCUT2D eigenvalue weighted by molar-refractivity contribution is -0.385. The Labute approximate surface area is 178 Å². The van der Waals surface area contributed by atoms with Gasteiger partial charge in [-0.25, -0.2) is 9.78 Å². The molecular weight excluding hydrogens is 398 g/mol. The quantitative estimate of drug-likeness (QED) is 0.307. The highest BCUT2D eigenvalue weighted by atomic mass is 16.6. The molecule has 0 fully saturated rings. The number of carbonyl (C=O) groups excluding carboxylic acids is 1. The molecule has 1 aromatic carbocycles. The lowest BCUT2D eigenvalue weighted by Gasteiger charge is -2.05. The van der Waals surface area contributed by atoms with Crippen LogP contribution in [0.15, 0.2) is 48.8 Å². The van der Waals surface area contributed by atoms with E-state index >= 15 is 0 Å². The molecule has 0 radical (unpaired) electrons. The largest absolute Gasteiger partial charge is 0.462 e. The number of hydrogen-bond donors (Lipinski definition) is 0. The van der Waals surface area contributed by atoms with Crippen molar-refractivity contribution in [3.05, 3.63) is 75.7 Å². The Morgan fingerprint density at radius 1 is 1.32 bits per heavy atom. The maximum Gasteiger partial charge on any atom is 0.340 e. The first-order valence-corrected chi connectivity index (χ1v) is 9.53. The Morgan fingerprint density at radius 2 is 2.10 bits per heavy atom. The van der Waals surface area contributed by atoms with Gasteiger partial charge in [0.1, 0.15) is 6.20 Å². The third-order valence-corrected chi connectivity index (χ3v) is 4.32. The second-order valence-electron chi connectivity index (χ2n) is 6.41. The summed E-state index contributed by atoms with van der Waals surface area (Å²) in [7, 11) is 0. The standard InChI is InChI=1S/C22H19N5O4/c1-2-31-22(28)19-13-18(27(29)30)14-24-20(19)10-9-17-15-26(12-6-11-23)25-21(17)16-7-4-3-5-8-16/h3-5,7-10,13-15H,2,6,12H2,1H3. The zero-order valence-corrected chi connectivity index (χ0v) is 16.8. The lowest BCUT2D eigenvalue weighted by atomic mass is 10.1. The Morgan fingerprint density at radius 3 is 2.77 bits per heavy atom. The van der Waals surface area contributed by atoms with Gasteiger partial charge < -0.3 is 4.74 Å². The number of ether oxygens (including phenoxy) is 1. The lowest BCUT2D eigenvalue weighted by Crippen LogP contribution is -2.08. The fraction of sp³-hybridized carbons (Fsp3) is 0.182. The molecule has 2 aromatic heterocycles. The second-order valence-corrected chi connectivity index (χ2v) is 6.41. The molecule has 9 nitrogen and oxygen atoms in total. The summed E-state index contributed by atoms with van der Waals surface area (Å²) in [6.45, 7) is 2.22. The van der Waals surface area contributed by atoms with Crippen molar-refractivity contribution in [2.24, 2.45) is 0 Å². The molecule has 3 aromatic rings. The van der Waals surface area contributed by atoms with Gasteiger partial charge in [0, 0.05) is 23.4 Å². The zero-order chi connectivity index (χ0) is 22.2. The number of carbonyl (C=O) groups is 1. The highest BCUT2D eigenvalue weighted by Crippen LogP contribution is 2.25. The van der Waals surface area contributed by atoms with Crippen LogP contribution in [0.3, 0.4) is 0 Å². The second kappa shape index (κ2) is 9.93. The molecule has 0 aliphatic carbocycles. The summed E-state index contributed by atoms with van der Waals surface area (Å²) in [6.07, 6.45) is 6.53. The highest BCUT2D eigenvalue weighted by Gasteiger charge is 2.18. The molecule has 0 aliphatic rings. The van der Waals surface area contributed by atoms with Crippen LogP contribution in [0.2, 0.25) is 0 Å². The summed E-state index contributed by atoms with van der Waals surface area (Å²) in [5, 5.41) is 24.5. The van der Waals surface area contributed by atoms with Gasteiger partial charge in [-0.1, -0.05) is 30.3 Å². The SMILES string of the molecule is CCOC(=O)c1cc([N+](=O)[O-])cnc1C=Cc1cn(CCC#N)nc1-c1ccccc1. The Balaban J connectivity index is 2.02. The van der Waals surface area contributed by atoms with E-state index in [0.29, 0.717) is 18.7 Å². The van der Waals surface area contributed by atoms with E-state index in [1.165, 1.54) is 0 Å². The molecule has 3 rings (SSSR count). The van der Waals surface area contributed by atoms with Crippen LogP contribution in [-0.4, -0.2) is 32.3 Å². The Hall–Kier alpha value is -4.32. The number of aryl methyl sites for hydroxylation is 1. The van der Waals surface area contributed by atoms with E-state index in [1.807, 2.05) is 30.3 Å². The van der Waals surface area contributed by atoms with Crippen LogP contribution >= 0.6 is 0 Å². The Kier molecular flexibility index (Phi) is 6.85. The summed E-state index contributed by atoms with van der Waals surface area (Å²) in [5.41, 5.74) is 2.29. The van der Waals surface area contributed by atoms with Gasteiger partial charge >= 0.3 is 5.97 Å². The summed E-state index contributed by atoms with van der Waals surface area (Å²) in [6, 6.07) is 12.8. The number of aromatic nitrogens is 3. The molecule has 0 bridgehead atoms. The number of rotatable bonds is 8. The molecule has 9 heteroatoms. The van der Waals surface area contributed by atoms with Crippen molar-refractivity contribution in [3.8, 4) is 17.3 Å². The van der Waals surface area contributed by atoms with Crippen LogP contribution in [0.4, 0.5) is 5.69 Å². The molecule has 156 valence electrons. The van der Waals surface area contributed by atoms with Crippen LogP contribution in [0, 0.1) is 21.4 Å². The molecule has 0 atom stereocenters. The van der Waals surface area contributed by atoms with Crippen LogP contribution < -0.4 is 0 Å². The molecule has 0 saturated carbocycles. The smallest absolute Gasteiger partial charge is 0.340 e. The van der Waals surface area contributed by atoms with E-state index in [4.69, 9.17) is 10.00 Å². The summed E-state index contributed by atoms with van der Waals surface area (Å²) >= 11 is 0. The number of nitriles is 1. The normalized spacial score (nSPS) is 10.7. The molecule has 0 aliphatic heterocycles. The molecule has 2 heterocycles. The minimum atomic E-state index is -0.689. The summed E-state index contributed by atoms with van der Waals surface area (Å²) < 4.78 is 6.70. The summed E-state index contributed by atoms with van der Waals surface area (Å²) in [5.74, 6) is -0.689. The van der Waals surface area contributed by atoms with E-state index in [0.717, 1.165) is 23.4 Å². The van der Waals surface area contributed by atoms with Crippen molar-refractivity contribution in [3.63, 3.8) is 0 Å². The van der Waals surface area contributed by atoms with Crippen molar-refractivity contribution in [1.82, 2.24) is 14.8 Å². The van der Waals surface area contributed by atoms with Crippen LogP contribution in [-0.2, 0) is 11.3 Å². The highest BCUT2D eigenvalue weighted by molar-refractivity contribution is 5.95. The average molecular weight is 417 g/mol. The van der Waals surface area contributed by atoms with Gasteiger partial charge in [-0.05, 0) is 19.1 Å². The number of benzene rings is 1. The van der Waals surface area contributed by atoms with Gasteiger partial charge in [0.05, 0.1) is 47.5 Å². The minimum absolute atomic E-state index is 0.00503. The first kappa shape index (κ1) is 21.4. The van der Waals surface area contributed by atoms with Crippen LogP contribution in [0.1, 0.15) is 35.0 Å². The van der Waals surface area contributed by atoms with Crippen LogP contribution in [0.25, 0.3) is 23.4 Å². The van der Waals surface area contributed by atoms with Gasteiger partial charge in [-0.15, -0.1) is 0 Å². The molecule has 0 amide bonds. The molecule has 0 spiro atoms. The molecule has 0 unspecified atom stereocenters. The van der Waals surface area contributed by atoms with Gasteiger partial charge in [0.2, 0.25) is 0 Å². The number of nitro groups is 1. The van der Waals surface area contributed by atoms with E-state index in [2.05, 4.69) is 16.2 Å². The van der Waals surface area contributed by atoms with Gasteiger partial charge in [0.25, 0.3) is 5.69 Å². The van der Waals surface area contributed by atoms with Crippen LogP contribution in [0.5, 0.6) is 0 Å². The summed E-state index contributed by atoms with van der Waals surface area (Å²) in [4.78, 5) is 26.8. The average Bonchev–Trinajstić information content (AvgIpc) is 3.20. The van der Waals surface area contributed by atoms with E-state index in [9.17, 15) is 14.9 Å². The molecular formula is C22H19N5O4. The molecule has 0 saturated heterocycles. The number of esters is 1. The van der Waals surface area contributed by atoms with Crippen molar-refractivity contribution in [2.75, 3.05) is 6.61 Å². The number of hydrogen-bond acceptors (Lipinski definition) is 7. The maximum absolute atomic E-state index is 12.3. The molecule has 0 N–H and O–H groups in total.